The highest BCUT2D eigenvalue weighted by atomic mass is 35.5. The fourth-order valence-corrected chi connectivity index (χ4v) is 2.27. The van der Waals surface area contributed by atoms with Crippen LogP contribution >= 0.6 is 11.6 Å². The highest BCUT2D eigenvalue weighted by Crippen LogP contribution is 2.23. The normalized spacial score (nSPS) is 14.9. The van der Waals surface area contributed by atoms with Crippen LogP contribution in [0.25, 0.3) is 0 Å². The van der Waals surface area contributed by atoms with Gasteiger partial charge < -0.3 is 16.4 Å². The van der Waals surface area contributed by atoms with Gasteiger partial charge in [-0.3, -0.25) is 0 Å². The van der Waals surface area contributed by atoms with E-state index in [4.69, 9.17) is 17.3 Å². The van der Waals surface area contributed by atoms with Gasteiger partial charge >= 0.3 is 6.03 Å². The van der Waals surface area contributed by atoms with Crippen LogP contribution in [-0.4, -0.2) is 6.03 Å². The van der Waals surface area contributed by atoms with Crippen LogP contribution in [0.1, 0.15) is 32.1 Å². The summed E-state index contributed by atoms with van der Waals surface area (Å²) < 4.78 is 0. The van der Waals surface area contributed by atoms with Crippen LogP contribution in [0.15, 0.2) is 30.0 Å². The molecule has 102 valence electrons. The lowest BCUT2D eigenvalue weighted by molar-refractivity contribution is 0.255. The van der Waals surface area contributed by atoms with E-state index in [9.17, 15) is 4.79 Å². The number of halogens is 1. The molecule has 1 aliphatic rings. The molecule has 1 aromatic carbocycles. The van der Waals surface area contributed by atoms with Gasteiger partial charge in [-0.2, -0.15) is 0 Å². The van der Waals surface area contributed by atoms with Crippen molar-refractivity contribution in [3.05, 3.63) is 35.0 Å². The smallest absolute Gasteiger partial charge is 0.323 e. The maximum atomic E-state index is 11.7. The summed E-state index contributed by atoms with van der Waals surface area (Å²) in [6, 6.07) is 4.75. The number of rotatable bonds is 2. The average molecular weight is 280 g/mol. The molecule has 0 saturated heterocycles. The number of amides is 2. The van der Waals surface area contributed by atoms with Crippen molar-refractivity contribution in [2.45, 2.75) is 32.1 Å². The molecule has 1 aliphatic carbocycles. The van der Waals surface area contributed by atoms with E-state index >= 15 is 0 Å². The fourth-order valence-electron chi connectivity index (χ4n) is 2.09. The van der Waals surface area contributed by atoms with Gasteiger partial charge in [0.25, 0.3) is 0 Å². The fraction of sp³-hybridized carbons (Fsp3) is 0.357. The lowest BCUT2D eigenvalue weighted by Crippen LogP contribution is -2.24. The zero-order valence-corrected chi connectivity index (χ0v) is 11.5. The van der Waals surface area contributed by atoms with Crippen LogP contribution in [0.4, 0.5) is 16.2 Å². The van der Waals surface area contributed by atoms with Crippen LogP contribution in [-0.2, 0) is 0 Å². The third kappa shape index (κ3) is 4.17. The Balaban J connectivity index is 1.88. The zero-order valence-electron chi connectivity index (χ0n) is 10.7. The predicted molar refractivity (Wildman–Crippen MR) is 79.2 cm³/mol. The molecule has 1 aromatic rings. The van der Waals surface area contributed by atoms with Crippen LogP contribution < -0.4 is 16.4 Å². The second-order valence-corrected chi connectivity index (χ2v) is 5.11. The molecule has 5 heteroatoms. The number of carbonyl (C=O) groups is 1. The summed E-state index contributed by atoms with van der Waals surface area (Å²) in [5.74, 6) is 0. The van der Waals surface area contributed by atoms with Crippen molar-refractivity contribution in [3.8, 4) is 0 Å². The first-order valence-electron chi connectivity index (χ1n) is 6.45. The van der Waals surface area contributed by atoms with Gasteiger partial charge in [0.1, 0.15) is 0 Å². The monoisotopic (exact) mass is 279 g/mol. The summed E-state index contributed by atoms with van der Waals surface area (Å²) in [7, 11) is 0. The minimum Gasteiger partial charge on any atom is -0.398 e. The number of hydrogen-bond donors (Lipinski definition) is 3. The number of nitrogens with one attached hydrogen (secondary N) is 2. The standard InChI is InChI=1S/C14H18ClN3O/c15-12-8-11(6-7-13(12)16)18-14(19)17-9-10-4-2-1-3-5-10/h6-9H,1-5,16H2,(H2,17,18,19). The number of nitrogen functional groups attached to an aromatic ring is 1. The summed E-state index contributed by atoms with van der Waals surface area (Å²) in [5, 5.41) is 5.90. The quantitative estimate of drug-likeness (QED) is 0.719. The third-order valence-corrected chi connectivity index (χ3v) is 3.49. The molecule has 0 atom stereocenters. The second kappa shape index (κ2) is 6.48. The first-order valence-corrected chi connectivity index (χ1v) is 6.83. The van der Waals surface area contributed by atoms with Crippen molar-refractivity contribution in [3.63, 3.8) is 0 Å². The Bertz CT molecular complexity index is 491. The van der Waals surface area contributed by atoms with Crippen molar-refractivity contribution >= 4 is 29.0 Å². The maximum Gasteiger partial charge on any atom is 0.323 e. The molecular formula is C14H18ClN3O. The number of anilines is 2. The van der Waals surface area contributed by atoms with Crippen LogP contribution in [0.2, 0.25) is 5.02 Å². The average Bonchev–Trinajstić information content (AvgIpc) is 2.42. The van der Waals surface area contributed by atoms with Crippen LogP contribution in [0, 0.1) is 0 Å². The first-order chi connectivity index (χ1) is 9.15. The van der Waals surface area contributed by atoms with E-state index in [1.165, 1.54) is 24.8 Å². The second-order valence-electron chi connectivity index (χ2n) is 4.70. The highest BCUT2D eigenvalue weighted by molar-refractivity contribution is 6.33. The maximum absolute atomic E-state index is 11.7. The molecule has 1 saturated carbocycles. The number of benzene rings is 1. The molecule has 0 radical (unpaired) electrons. The predicted octanol–water partition coefficient (Wildman–Crippen LogP) is 3.89. The Labute approximate surface area is 118 Å². The van der Waals surface area contributed by atoms with Gasteiger partial charge in [0.2, 0.25) is 0 Å². The van der Waals surface area contributed by atoms with Gasteiger partial charge in [-0.25, -0.2) is 4.79 Å². The van der Waals surface area contributed by atoms with Gasteiger partial charge in [-0.1, -0.05) is 23.6 Å². The molecule has 0 aromatic heterocycles. The van der Waals surface area contributed by atoms with Gasteiger partial charge in [0.15, 0.2) is 0 Å². The summed E-state index contributed by atoms with van der Waals surface area (Å²) in [4.78, 5) is 11.7. The first kappa shape index (κ1) is 13.7. The lowest BCUT2D eigenvalue weighted by atomic mass is 9.96. The third-order valence-electron chi connectivity index (χ3n) is 3.16. The largest absolute Gasteiger partial charge is 0.398 e. The van der Waals surface area contributed by atoms with Gasteiger partial charge in [-0.15, -0.1) is 0 Å². The number of nitrogens with two attached hydrogens (primary N) is 1. The summed E-state index contributed by atoms with van der Waals surface area (Å²) >= 11 is 5.89. The van der Waals surface area contributed by atoms with Crippen molar-refractivity contribution in [1.82, 2.24) is 5.32 Å². The Morgan fingerprint density at radius 1 is 1.26 bits per heavy atom. The summed E-state index contributed by atoms with van der Waals surface area (Å²) in [5.41, 5.74) is 8.03. The molecular weight excluding hydrogens is 262 g/mol. The minimum absolute atomic E-state index is 0.265. The van der Waals surface area contributed by atoms with Crippen LogP contribution in [0.5, 0.6) is 0 Å². The molecule has 0 spiro atoms. The SMILES string of the molecule is Nc1ccc(NC(=O)NC=C2CCCCC2)cc1Cl. The van der Waals surface area contributed by atoms with Crippen molar-refractivity contribution in [2.24, 2.45) is 0 Å². The Morgan fingerprint density at radius 2 is 2.00 bits per heavy atom. The van der Waals surface area contributed by atoms with E-state index in [0.717, 1.165) is 12.8 Å². The van der Waals surface area contributed by atoms with Gasteiger partial charge in [-0.05, 0) is 43.9 Å². The van der Waals surface area contributed by atoms with Crippen molar-refractivity contribution in [2.75, 3.05) is 11.1 Å². The van der Waals surface area contributed by atoms with Crippen molar-refractivity contribution in [1.29, 1.82) is 0 Å². The molecule has 2 amide bonds. The Kier molecular flexibility index (Phi) is 4.68. The molecule has 2 rings (SSSR count). The number of hydrogen-bond acceptors (Lipinski definition) is 2. The summed E-state index contributed by atoms with van der Waals surface area (Å²) in [6.07, 6.45) is 7.67. The highest BCUT2D eigenvalue weighted by Gasteiger charge is 2.06. The Hall–Kier alpha value is -1.68. The molecule has 19 heavy (non-hydrogen) atoms. The molecule has 0 heterocycles. The van der Waals surface area contributed by atoms with E-state index in [0.29, 0.717) is 16.4 Å². The molecule has 1 fully saturated rings. The van der Waals surface area contributed by atoms with E-state index in [-0.39, 0.29) is 6.03 Å². The topological polar surface area (TPSA) is 67.1 Å². The zero-order chi connectivity index (χ0) is 13.7. The van der Waals surface area contributed by atoms with E-state index in [1.807, 2.05) is 6.20 Å². The number of carbonyl (C=O) groups excluding carboxylic acids is 1. The number of allylic oxidation sites excluding steroid dienone is 1. The van der Waals surface area contributed by atoms with Gasteiger partial charge in [0.05, 0.1) is 10.7 Å². The molecule has 0 aliphatic heterocycles. The van der Waals surface area contributed by atoms with E-state index in [2.05, 4.69) is 10.6 Å². The van der Waals surface area contributed by atoms with E-state index in [1.54, 1.807) is 18.2 Å². The minimum atomic E-state index is -0.265. The van der Waals surface area contributed by atoms with Crippen molar-refractivity contribution < 1.29 is 4.79 Å². The molecule has 0 unspecified atom stereocenters. The molecule has 0 bridgehead atoms. The molecule has 4 N–H and O–H groups in total. The van der Waals surface area contributed by atoms with Crippen LogP contribution in [0.3, 0.4) is 0 Å². The lowest BCUT2D eigenvalue weighted by Gasteiger charge is -2.13. The summed E-state index contributed by atoms with van der Waals surface area (Å²) in [6.45, 7) is 0. The Morgan fingerprint density at radius 3 is 2.68 bits per heavy atom. The molecule has 4 nitrogen and oxygen atoms in total. The van der Waals surface area contributed by atoms with E-state index < -0.39 is 0 Å². The van der Waals surface area contributed by atoms with Gasteiger partial charge in [0, 0.05) is 11.9 Å². The number of urea groups is 1.